The van der Waals surface area contributed by atoms with Gasteiger partial charge < -0.3 is 20.3 Å². The Balaban J connectivity index is 1.81. The number of anilines is 1. The van der Waals surface area contributed by atoms with Crippen molar-refractivity contribution in [1.29, 1.82) is 0 Å². The molecule has 138 valence electrons. The summed E-state index contributed by atoms with van der Waals surface area (Å²) in [5.74, 6) is 0.297. The van der Waals surface area contributed by atoms with Gasteiger partial charge in [-0.3, -0.25) is 9.79 Å². The highest BCUT2D eigenvalue weighted by atomic mass is 35.5. The first-order valence-corrected chi connectivity index (χ1v) is 8.84. The lowest BCUT2D eigenvalue weighted by molar-refractivity contribution is -0.153. The van der Waals surface area contributed by atoms with Gasteiger partial charge in [-0.15, -0.1) is 0 Å². The van der Waals surface area contributed by atoms with Gasteiger partial charge in [-0.2, -0.15) is 0 Å². The van der Waals surface area contributed by atoms with E-state index in [1.54, 1.807) is 7.05 Å². The Kier molecular flexibility index (Phi) is 6.53. The first-order chi connectivity index (χ1) is 11.8. The van der Waals surface area contributed by atoms with Crippen LogP contribution in [0.2, 0.25) is 5.02 Å². The fourth-order valence-electron chi connectivity index (χ4n) is 2.71. The maximum atomic E-state index is 11.8. The van der Waals surface area contributed by atoms with Crippen molar-refractivity contribution in [1.82, 2.24) is 10.6 Å². The van der Waals surface area contributed by atoms with Crippen LogP contribution in [-0.2, 0) is 9.53 Å². The molecule has 0 bridgehead atoms. The molecule has 0 amide bonds. The minimum Gasteiger partial charge on any atom is -0.459 e. The van der Waals surface area contributed by atoms with Crippen molar-refractivity contribution in [2.45, 2.75) is 38.8 Å². The van der Waals surface area contributed by atoms with E-state index in [1.165, 1.54) is 0 Å². The van der Waals surface area contributed by atoms with Crippen molar-refractivity contribution in [3.8, 4) is 0 Å². The molecule has 1 aromatic carbocycles. The molecule has 1 fully saturated rings. The summed E-state index contributed by atoms with van der Waals surface area (Å²) in [5.41, 5.74) is 0.632. The van der Waals surface area contributed by atoms with Crippen LogP contribution in [0.15, 0.2) is 29.3 Å². The number of carbonyl (C=O) groups is 1. The molecule has 7 heteroatoms. The van der Waals surface area contributed by atoms with Gasteiger partial charge in [0.2, 0.25) is 0 Å². The van der Waals surface area contributed by atoms with Crippen LogP contribution < -0.4 is 15.5 Å². The molecule has 6 nitrogen and oxygen atoms in total. The summed E-state index contributed by atoms with van der Waals surface area (Å²) < 4.78 is 5.28. The number of hydrogen-bond donors (Lipinski definition) is 2. The molecule has 1 aromatic rings. The SMILES string of the molecule is CN=C(NCC(=O)OC(C)(C)C)NC1CCN(c2cccc(Cl)c2)C1. The third-order valence-corrected chi connectivity index (χ3v) is 3.98. The highest BCUT2D eigenvalue weighted by molar-refractivity contribution is 6.30. The molecule has 0 spiro atoms. The molecule has 2 rings (SSSR count). The van der Waals surface area contributed by atoms with Gasteiger partial charge in [-0.25, -0.2) is 0 Å². The molecule has 1 aliphatic heterocycles. The van der Waals surface area contributed by atoms with Crippen LogP contribution in [0.3, 0.4) is 0 Å². The zero-order chi connectivity index (χ0) is 18.4. The Morgan fingerprint density at radius 3 is 2.84 bits per heavy atom. The van der Waals surface area contributed by atoms with Crippen molar-refractivity contribution in [2.75, 3.05) is 31.6 Å². The Hall–Kier alpha value is -1.95. The molecule has 0 radical (unpaired) electrons. The van der Waals surface area contributed by atoms with Gasteiger partial charge in [0, 0.05) is 36.9 Å². The van der Waals surface area contributed by atoms with Crippen molar-refractivity contribution in [3.05, 3.63) is 29.3 Å². The lowest BCUT2D eigenvalue weighted by Gasteiger charge is -2.22. The van der Waals surface area contributed by atoms with Gasteiger partial charge in [-0.1, -0.05) is 17.7 Å². The smallest absolute Gasteiger partial charge is 0.325 e. The van der Waals surface area contributed by atoms with Crippen LogP contribution in [0.5, 0.6) is 0 Å². The summed E-state index contributed by atoms with van der Waals surface area (Å²) in [6.07, 6.45) is 0.986. The molecular weight excluding hydrogens is 340 g/mol. The molecule has 0 aromatic heterocycles. The van der Waals surface area contributed by atoms with Crippen molar-refractivity contribution >= 4 is 29.2 Å². The first kappa shape index (κ1) is 19.4. The van der Waals surface area contributed by atoms with E-state index < -0.39 is 5.60 Å². The average Bonchev–Trinajstić information content (AvgIpc) is 2.98. The molecule has 1 heterocycles. The first-order valence-electron chi connectivity index (χ1n) is 8.46. The van der Waals surface area contributed by atoms with E-state index in [9.17, 15) is 4.79 Å². The molecule has 1 saturated heterocycles. The van der Waals surface area contributed by atoms with E-state index in [0.29, 0.717) is 5.96 Å². The number of halogens is 1. The van der Waals surface area contributed by atoms with E-state index in [-0.39, 0.29) is 18.6 Å². The van der Waals surface area contributed by atoms with Crippen LogP contribution >= 0.6 is 11.6 Å². The lowest BCUT2D eigenvalue weighted by atomic mass is 10.2. The maximum Gasteiger partial charge on any atom is 0.325 e. The Morgan fingerprint density at radius 1 is 1.44 bits per heavy atom. The quantitative estimate of drug-likeness (QED) is 0.486. The fraction of sp³-hybridized carbons (Fsp3) is 0.556. The maximum absolute atomic E-state index is 11.8. The molecular formula is C18H27ClN4O2. The van der Waals surface area contributed by atoms with Gasteiger partial charge in [-0.05, 0) is 45.4 Å². The fourth-order valence-corrected chi connectivity index (χ4v) is 2.89. The highest BCUT2D eigenvalue weighted by Gasteiger charge is 2.24. The normalized spacial score (nSPS) is 18.2. The monoisotopic (exact) mass is 366 g/mol. The number of rotatable bonds is 4. The number of hydrogen-bond acceptors (Lipinski definition) is 4. The van der Waals surface area contributed by atoms with E-state index in [2.05, 4.69) is 26.6 Å². The number of ether oxygens (including phenoxy) is 1. The highest BCUT2D eigenvalue weighted by Crippen LogP contribution is 2.23. The van der Waals surface area contributed by atoms with E-state index in [1.807, 2.05) is 39.0 Å². The van der Waals surface area contributed by atoms with Crippen molar-refractivity contribution in [2.24, 2.45) is 4.99 Å². The summed E-state index contributed by atoms with van der Waals surface area (Å²) in [4.78, 5) is 18.3. The second kappa shape index (κ2) is 8.43. The predicted octanol–water partition coefficient (Wildman–Crippen LogP) is 2.43. The van der Waals surface area contributed by atoms with E-state index >= 15 is 0 Å². The average molecular weight is 367 g/mol. The standard InChI is InChI=1S/C18H27ClN4O2/c1-18(2,3)25-16(24)11-21-17(20-4)22-14-8-9-23(12-14)15-7-5-6-13(19)10-15/h5-7,10,14H,8-9,11-12H2,1-4H3,(H2,20,21,22). The predicted molar refractivity (Wildman–Crippen MR) is 102 cm³/mol. The van der Waals surface area contributed by atoms with Crippen molar-refractivity contribution in [3.63, 3.8) is 0 Å². The third-order valence-electron chi connectivity index (χ3n) is 3.75. The second-order valence-electron chi connectivity index (χ2n) is 7.07. The number of carbonyl (C=O) groups excluding carboxylic acids is 1. The van der Waals surface area contributed by atoms with Gasteiger partial charge >= 0.3 is 5.97 Å². The number of nitrogens with zero attached hydrogens (tertiary/aromatic N) is 2. The third kappa shape index (κ3) is 6.46. The summed E-state index contributed by atoms with van der Waals surface area (Å²) >= 11 is 6.07. The van der Waals surface area contributed by atoms with Gasteiger partial charge in [0.15, 0.2) is 5.96 Å². The molecule has 1 aliphatic rings. The molecule has 1 unspecified atom stereocenters. The molecule has 1 atom stereocenters. The van der Waals surface area contributed by atoms with Gasteiger partial charge in [0.05, 0.1) is 0 Å². The zero-order valence-electron chi connectivity index (χ0n) is 15.3. The molecule has 0 aliphatic carbocycles. The minimum absolute atomic E-state index is 0.0850. The van der Waals surface area contributed by atoms with Crippen LogP contribution in [0.4, 0.5) is 5.69 Å². The van der Waals surface area contributed by atoms with Gasteiger partial charge in [0.25, 0.3) is 0 Å². The largest absolute Gasteiger partial charge is 0.459 e. The molecule has 2 N–H and O–H groups in total. The number of nitrogens with one attached hydrogen (secondary N) is 2. The summed E-state index contributed by atoms with van der Waals surface area (Å²) in [6.45, 7) is 7.43. The van der Waals surface area contributed by atoms with E-state index in [0.717, 1.165) is 30.2 Å². The zero-order valence-corrected chi connectivity index (χ0v) is 16.1. The lowest BCUT2D eigenvalue weighted by Crippen LogP contribution is -2.46. The Labute approximate surface area is 154 Å². The Bertz CT molecular complexity index is 628. The van der Waals surface area contributed by atoms with Crippen LogP contribution in [0.25, 0.3) is 0 Å². The number of benzene rings is 1. The second-order valence-corrected chi connectivity index (χ2v) is 7.50. The summed E-state index contributed by atoms with van der Waals surface area (Å²) in [5, 5.41) is 7.10. The van der Waals surface area contributed by atoms with Gasteiger partial charge in [0.1, 0.15) is 12.1 Å². The Morgan fingerprint density at radius 2 is 2.20 bits per heavy atom. The number of aliphatic imine (C=N–C) groups is 1. The van der Waals surface area contributed by atoms with E-state index in [4.69, 9.17) is 16.3 Å². The minimum atomic E-state index is -0.487. The van der Waals surface area contributed by atoms with Crippen LogP contribution in [0.1, 0.15) is 27.2 Å². The molecule has 0 saturated carbocycles. The van der Waals surface area contributed by atoms with Crippen LogP contribution in [0, 0.1) is 0 Å². The summed E-state index contributed by atoms with van der Waals surface area (Å²) in [6, 6.07) is 8.12. The number of guanidine groups is 1. The topological polar surface area (TPSA) is 66.0 Å². The van der Waals surface area contributed by atoms with Crippen LogP contribution in [-0.4, -0.2) is 50.3 Å². The van der Waals surface area contributed by atoms with Crippen molar-refractivity contribution < 1.29 is 9.53 Å². The molecule has 25 heavy (non-hydrogen) atoms. The summed E-state index contributed by atoms with van der Waals surface area (Å²) in [7, 11) is 1.69. The number of esters is 1.